The zero-order chi connectivity index (χ0) is 21.5. The number of ether oxygens (including phenoxy) is 1. The lowest BCUT2D eigenvalue weighted by Gasteiger charge is -2.27. The van der Waals surface area contributed by atoms with Crippen LogP contribution in [0.5, 0.6) is 5.75 Å². The normalized spacial score (nSPS) is 17.8. The maximum atomic E-state index is 5.46. The summed E-state index contributed by atoms with van der Waals surface area (Å²) in [5, 5.41) is 7.02. The molecule has 1 aromatic heterocycles. The molecule has 4 rings (SSSR count). The summed E-state index contributed by atoms with van der Waals surface area (Å²) in [5.41, 5.74) is 2.10. The van der Waals surface area contributed by atoms with E-state index in [4.69, 9.17) is 19.7 Å². The van der Waals surface area contributed by atoms with Gasteiger partial charge in [-0.05, 0) is 31.0 Å². The van der Waals surface area contributed by atoms with Gasteiger partial charge in [0.1, 0.15) is 5.75 Å². The molecule has 9 heteroatoms. The summed E-state index contributed by atoms with van der Waals surface area (Å²) in [6, 6.07) is 6.54. The van der Waals surface area contributed by atoms with Crippen molar-refractivity contribution >= 4 is 57.9 Å². The van der Waals surface area contributed by atoms with Crippen LogP contribution >= 0.6 is 34.4 Å². The highest BCUT2D eigenvalue weighted by Crippen LogP contribution is 2.27. The van der Waals surface area contributed by atoms with E-state index in [1.807, 2.05) is 23.9 Å². The Morgan fingerprint density at radius 1 is 1.06 bits per heavy atom. The summed E-state index contributed by atoms with van der Waals surface area (Å²) < 4.78 is 6.34. The Labute approximate surface area is 202 Å². The third kappa shape index (κ3) is 6.27. The van der Waals surface area contributed by atoms with Gasteiger partial charge in [0.2, 0.25) is 17.8 Å². The van der Waals surface area contributed by atoms with Crippen LogP contribution in [-0.4, -0.2) is 52.7 Å². The van der Waals surface area contributed by atoms with Crippen molar-refractivity contribution in [3.05, 3.63) is 23.8 Å². The number of benzene rings is 1. The fraction of sp³-hybridized carbons (Fsp3) is 0.591. The molecule has 2 aliphatic rings. The zero-order valence-electron chi connectivity index (χ0n) is 18.1. The molecule has 0 bridgehead atoms. The molecule has 0 amide bonds. The van der Waals surface area contributed by atoms with E-state index < -0.39 is 0 Å². The number of rotatable bonds is 7. The average Bonchev–Trinajstić information content (AvgIpc) is 3.08. The summed E-state index contributed by atoms with van der Waals surface area (Å²) in [4.78, 5) is 16.6. The van der Waals surface area contributed by atoms with Gasteiger partial charge in [0.05, 0.1) is 7.11 Å². The number of aromatic nitrogens is 3. The Morgan fingerprint density at radius 3 is 2.52 bits per heavy atom. The Bertz CT molecular complexity index is 856. The minimum atomic E-state index is 0.439. The topological polar surface area (TPSA) is 75.2 Å². The summed E-state index contributed by atoms with van der Waals surface area (Å²) in [6.07, 6.45) is 7.57. The van der Waals surface area contributed by atoms with Crippen molar-refractivity contribution < 1.29 is 4.74 Å². The molecule has 1 aliphatic heterocycles. The molecular weight excluding hydrogens is 523 g/mol. The fourth-order valence-electron chi connectivity index (χ4n) is 4.09. The van der Waals surface area contributed by atoms with Gasteiger partial charge >= 0.3 is 0 Å². The van der Waals surface area contributed by atoms with Crippen LogP contribution in [0.3, 0.4) is 0 Å². The molecule has 1 saturated carbocycles. The molecule has 1 aromatic carbocycles. The number of methoxy groups -OCH3 is 1. The number of alkyl halides is 1. The van der Waals surface area contributed by atoms with Crippen LogP contribution in [0.25, 0.3) is 0 Å². The maximum Gasteiger partial charge on any atom is 0.233 e. The molecule has 168 valence electrons. The van der Waals surface area contributed by atoms with Crippen molar-refractivity contribution in [1.82, 2.24) is 15.0 Å². The van der Waals surface area contributed by atoms with Crippen molar-refractivity contribution in [2.75, 3.05) is 47.2 Å². The van der Waals surface area contributed by atoms with Crippen LogP contribution in [0.4, 0.5) is 23.5 Å². The second-order valence-electron chi connectivity index (χ2n) is 8.00. The highest BCUT2D eigenvalue weighted by atomic mass is 127. The lowest BCUT2D eigenvalue weighted by molar-refractivity contribution is 0.411. The van der Waals surface area contributed by atoms with Crippen molar-refractivity contribution in [2.24, 2.45) is 0 Å². The average molecular weight is 555 g/mol. The minimum absolute atomic E-state index is 0.439. The number of hydrogen-bond acceptors (Lipinski definition) is 8. The third-order valence-corrected chi connectivity index (χ3v) is 7.55. The van der Waals surface area contributed by atoms with Crippen LogP contribution in [-0.2, 0) is 4.43 Å². The van der Waals surface area contributed by atoms with Crippen molar-refractivity contribution in [2.45, 2.75) is 49.0 Å². The minimum Gasteiger partial charge on any atom is -0.496 e. The molecule has 2 fully saturated rings. The molecular formula is C22H31IN6OS. The monoisotopic (exact) mass is 554 g/mol. The standard InChI is InChI=1S/C22H31IN6OS/c1-30-19-9-8-18(14-16(19)15-23)25-21-26-20(24-17-6-4-2-3-5-7-17)27-22(28-21)29-10-12-31-13-11-29/h8-9,14,17H,2-7,10-13,15H2,1H3,(H2,24,25,26,27,28). The van der Waals surface area contributed by atoms with Crippen molar-refractivity contribution in [3.8, 4) is 5.75 Å². The van der Waals surface area contributed by atoms with Gasteiger partial charge in [-0.1, -0.05) is 48.3 Å². The van der Waals surface area contributed by atoms with E-state index in [1.165, 1.54) is 38.5 Å². The first-order valence-electron chi connectivity index (χ1n) is 11.1. The van der Waals surface area contributed by atoms with Crippen molar-refractivity contribution in [3.63, 3.8) is 0 Å². The van der Waals surface area contributed by atoms with Crippen LogP contribution in [0.1, 0.15) is 44.1 Å². The molecule has 7 nitrogen and oxygen atoms in total. The number of nitrogens with one attached hydrogen (secondary N) is 2. The first-order valence-corrected chi connectivity index (χ1v) is 13.8. The van der Waals surface area contributed by atoms with Gasteiger partial charge in [0, 0.05) is 46.3 Å². The van der Waals surface area contributed by atoms with Gasteiger partial charge in [-0.15, -0.1) is 0 Å². The largest absolute Gasteiger partial charge is 0.496 e. The van der Waals surface area contributed by atoms with E-state index in [2.05, 4.69) is 44.2 Å². The molecule has 2 N–H and O–H groups in total. The molecule has 0 spiro atoms. The predicted molar refractivity (Wildman–Crippen MR) is 138 cm³/mol. The molecule has 2 heterocycles. The lowest BCUT2D eigenvalue weighted by Crippen LogP contribution is -2.34. The predicted octanol–water partition coefficient (Wildman–Crippen LogP) is 5.25. The van der Waals surface area contributed by atoms with E-state index in [0.29, 0.717) is 17.9 Å². The Hall–Kier alpha value is -1.49. The van der Waals surface area contributed by atoms with Gasteiger partial charge in [-0.25, -0.2) is 0 Å². The highest BCUT2D eigenvalue weighted by molar-refractivity contribution is 14.1. The Balaban J connectivity index is 1.59. The fourth-order valence-corrected chi connectivity index (χ4v) is 5.59. The summed E-state index contributed by atoms with van der Waals surface area (Å²) in [7, 11) is 1.71. The lowest BCUT2D eigenvalue weighted by atomic mass is 10.1. The summed E-state index contributed by atoms with van der Waals surface area (Å²) in [5.74, 6) is 5.15. The molecule has 31 heavy (non-hydrogen) atoms. The summed E-state index contributed by atoms with van der Waals surface area (Å²) in [6.45, 7) is 1.94. The zero-order valence-corrected chi connectivity index (χ0v) is 21.0. The maximum absolute atomic E-state index is 5.46. The smallest absolute Gasteiger partial charge is 0.233 e. The molecule has 0 unspecified atom stereocenters. The number of hydrogen-bond donors (Lipinski definition) is 2. The molecule has 0 atom stereocenters. The van der Waals surface area contributed by atoms with Crippen LogP contribution in [0, 0.1) is 0 Å². The number of anilines is 4. The number of thioether (sulfide) groups is 1. The van der Waals surface area contributed by atoms with Gasteiger partial charge in [-0.3, -0.25) is 0 Å². The third-order valence-electron chi connectivity index (χ3n) is 5.79. The Kier molecular flexibility index (Phi) is 8.34. The number of halogens is 1. The van der Waals surface area contributed by atoms with Crippen LogP contribution in [0.2, 0.25) is 0 Å². The van der Waals surface area contributed by atoms with E-state index in [9.17, 15) is 0 Å². The Morgan fingerprint density at radius 2 is 1.81 bits per heavy atom. The van der Waals surface area contributed by atoms with E-state index in [-0.39, 0.29) is 0 Å². The van der Waals surface area contributed by atoms with Gasteiger partial charge in [0.15, 0.2) is 0 Å². The first kappa shape index (κ1) is 22.7. The molecule has 1 aliphatic carbocycles. The number of nitrogens with zero attached hydrogens (tertiary/aromatic N) is 4. The summed E-state index contributed by atoms with van der Waals surface area (Å²) >= 11 is 4.34. The second kappa shape index (κ2) is 11.4. The van der Waals surface area contributed by atoms with E-state index >= 15 is 0 Å². The first-order chi connectivity index (χ1) is 15.2. The van der Waals surface area contributed by atoms with E-state index in [1.54, 1.807) is 7.11 Å². The van der Waals surface area contributed by atoms with E-state index in [0.717, 1.165) is 52.0 Å². The van der Waals surface area contributed by atoms with Crippen molar-refractivity contribution in [1.29, 1.82) is 0 Å². The molecule has 2 aromatic rings. The highest BCUT2D eigenvalue weighted by Gasteiger charge is 2.19. The second-order valence-corrected chi connectivity index (χ2v) is 9.99. The van der Waals surface area contributed by atoms with Gasteiger partial charge in [-0.2, -0.15) is 26.7 Å². The van der Waals surface area contributed by atoms with Crippen LogP contribution in [0.15, 0.2) is 18.2 Å². The quantitative estimate of drug-likeness (QED) is 0.273. The van der Waals surface area contributed by atoms with Crippen LogP contribution < -0.4 is 20.3 Å². The molecule has 1 saturated heterocycles. The SMILES string of the molecule is COc1ccc(Nc2nc(NC3CCCCCC3)nc(N3CCSCC3)n2)cc1CI. The molecule has 0 radical (unpaired) electrons. The van der Waals surface area contributed by atoms with Gasteiger partial charge < -0.3 is 20.3 Å². The van der Waals surface area contributed by atoms with Gasteiger partial charge in [0.25, 0.3) is 0 Å².